The van der Waals surface area contributed by atoms with Crippen molar-refractivity contribution >= 4 is 28.6 Å². The van der Waals surface area contributed by atoms with Crippen molar-refractivity contribution in [2.45, 2.75) is 118 Å². The van der Waals surface area contributed by atoms with Crippen LogP contribution in [0.4, 0.5) is 0 Å². The van der Waals surface area contributed by atoms with E-state index >= 15 is 0 Å². The molecule has 0 aromatic rings. The minimum atomic E-state index is -2.23. The van der Waals surface area contributed by atoms with E-state index in [0.717, 1.165) is 36.3 Å². The summed E-state index contributed by atoms with van der Waals surface area (Å²) in [6.45, 7) is 21.1. The maximum Gasteiger partial charge on any atom is 0.337 e. The fourth-order valence-electron chi connectivity index (χ4n) is 3.67. The van der Waals surface area contributed by atoms with Crippen LogP contribution in [0.1, 0.15) is 69.2 Å². The molecule has 6 nitrogen and oxygen atoms in total. The number of ether oxygens (including phenoxy) is 2. The molecule has 0 bridgehead atoms. The molecule has 0 aromatic heterocycles. The van der Waals surface area contributed by atoms with Crippen molar-refractivity contribution in [3.05, 3.63) is 0 Å². The highest BCUT2D eigenvalue weighted by Gasteiger charge is 2.47. The van der Waals surface area contributed by atoms with E-state index in [0.29, 0.717) is 0 Å². The second-order valence-corrected chi connectivity index (χ2v) is 19.1. The van der Waals surface area contributed by atoms with Gasteiger partial charge in [0.2, 0.25) is 0 Å². The molecule has 0 fully saturated rings. The lowest BCUT2D eigenvalue weighted by atomic mass is 10.2. The van der Waals surface area contributed by atoms with Crippen LogP contribution in [0.15, 0.2) is 0 Å². The number of carbonyl (C=O) groups excluding carboxylic acids is 2. The van der Waals surface area contributed by atoms with E-state index in [1.807, 2.05) is 27.7 Å². The zero-order valence-electron chi connectivity index (χ0n) is 22.4. The van der Waals surface area contributed by atoms with Crippen LogP contribution in [-0.4, -0.2) is 54.0 Å². The number of hydrogen-bond donors (Lipinski definition) is 0. The molecule has 2 unspecified atom stereocenters. The molecular formula is C24H50O6Si2. The van der Waals surface area contributed by atoms with E-state index in [9.17, 15) is 9.59 Å². The fourth-order valence-corrected chi connectivity index (χ4v) is 9.18. The second-order valence-electron chi connectivity index (χ2n) is 9.61. The Balaban J connectivity index is 6.30. The van der Waals surface area contributed by atoms with Gasteiger partial charge in [0.1, 0.15) is 0 Å². The Morgan fingerprint density at radius 3 is 1.00 bits per heavy atom. The Kier molecular flexibility index (Phi) is 14.9. The third-order valence-electron chi connectivity index (χ3n) is 6.48. The molecule has 8 heteroatoms. The van der Waals surface area contributed by atoms with E-state index in [4.69, 9.17) is 18.3 Å². The van der Waals surface area contributed by atoms with Gasteiger partial charge in [-0.1, -0.05) is 69.2 Å². The van der Waals surface area contributed by atoms with Crippen LogP contribution in [0, 0.1) is 11.8 Å². The lowest BCUT2D eigenvalue weighted by Crippen LogP contribution is -2.56. The van der Waals surface area contributed by atoms with Crippen LogP contribution in [0.3, 0.4) is 0 Å². The fraction of sp³-hybridized carbons (Fsp3) is 0.917. The predicted molar refractivity (Wildman–Crippen MR) is 136 cm³/mol. The van der Waals surface area contributed by atoms with Gasteiger partial charge in [-0.3, -0.25) is 0 Å². The summed E-state index contributed by atoms with van der Waals surface area (Å²) in [5.41, 5.74) is 0. The Morgan fingerprint density at radius 2 is 0.812 bits per heavy atom. The standard InChI is InChI=1S/C24H50O6Si2/c1-11-31(12-2,13-3)29-21(23(25)27-17-19(7)8)22(24(26)28-18-20(9)10)30-32(14-4,15-5)16-6/h19-22H,11-18H2,1-10H3. The summed E-state index contributed by atoms with van der Waals surface area (Å²) >= 11 is 0. The van der Waals surface area contributed by atoms with Gasteiger partial charge in [-0.25, -0.2) is 9.59 Å². The van der Waals surface area contributed by atoms with Crippen LogP contribution < -0.4 is 0 Å². The molecule has 0 amide bonds. The molecule has 0 heterocycles. The Morgan fingerprint density at radius 1 is 0.562 bits per heavy atom. The molecular weight excluding hydrogens is 440 g/mol. The molecule has 0 aromatic carbocycles. The summed E-state index contributed by atoms with van der Waals surface area (Å²) in [6.07, 6.45) is -2.17. The largest absolute Gasteiger partial charge is 0.463 e. The van der Waals surface area contributed by atoms with Crippen LogP contribution in [-0.2, 0) is 27.9 Å². The summed E-state index contributed by atoms with van der Waals surface area (Å²) < 4.78 is 24.4. The third-order valence-corrected chi connectivity index (χ3v) is 15.7. The Hall–Kier alpha value is -0.706. The molecule has 2 atom stereocenters. The van der Waals surface area contributed by atoms with Crippen molar-refractivity contribution in [2.24, 2.45) is 11.8 Å². The maximum atomic E-state index is 13.3. The highest BCUT2D eigenvalue weighted by molar-refractivity contribution is 6.74. The molecule has 0 rings (SSSR count). The summed E-state index contributed by atoms with van der Waals surface area (Å²) in [4.78, 5) is 26.6. The van der Waals surface area contributed by atoms with Crippen LogP contribution in [0.2, 0.25) is 36.3 Å². The minimum absolute atomic E-state index is 0.188. The first kappa shape index (κ1) is 31.3. The van der Waals surface area contributed by atoms with Gasteiger partial charge in [-0.05, 0) is 48.1 Å². The molecule has 0 saturated heterocycles. The predicted octanol–water partition coefficient (Wildman–Crippen LogP) is 6.17. The average molecular weight is 491 g/mol. The summed E-state index contributed by atoms with van der Waals surface area (Å²) in [5.74, 6) is -0.646. The summed E-state index contributed by atoms with van der Waals surface area (Å²) in [5, 5.41) is 0. The normalized spacial score (nSPS) is 14.5. The summed E-state index contributed by atoms with van der Waals surface area (Å²) in [6, 6.07) is 5.16. The first-order valence-electron chi connectivity index (χ1n) is 12.7. The van der Waals surface area contributed by atoms with Gasteiger partial charge in [-0.2, -0.15) is 0 Å². The minimum Gasteiger partial charge on any atom is -0.463 e. The SMILES string of the molecule is CC[Si](CC)(CC)OC(C(=O)OCC(C)C)C(O[Si](CC)(CC)CC)C(=O)OCC(C)C. The topological polar surface area (TPSA) is 71.1 Å². The van der Waals surface area contributed by atoms with Gasteiger partial charge in [0, 0.05) is 0 Å². The zero-order chi connectivity index (χ0) is 24.9. The molecule has 0 aliphatic heterocycles. The quantitative estimate of drug-likeness (QED) is 0.179. The van der Waals surface area contributed by atoms with Crippen molar-refractivity contribution in [3.8, 4) is 0 Å². The van der Waals surface area contributed by atoms with E-state index in [2.05, 4.69) is 41.5 Å². The van der Waals surface area contributed by atoms with Crippen LogP contribution in [0.25, 0.3) is 0 Å². The first-order valence-corrected chi connectivity index (χ1v) is 17.7. The Bertz CT molecular complexity index is 480. The van der Waals surface area contributed by atoms with Crippen molar-refractivity contribution in [3.63, 3.8) is 0 Å². The van der Waals surface area contributed by atoms with E-state index in [1.54, 1.807) is 0 Å². The van der Waals surface area contributed by atoms with Gasteiger partial charge in [0.05, 0.1) is 13.2 Å². The Labute approximate surface area is 199 Å². The van der Waals surface area contributed by atoms with E-state index < -0.39 is 40.8 Å². The molecule has 0 aliphatic rings. The zero-order valence-corrected chi connectivity index (χ0v) is 24.4. The van der Waals surface area contributed by atoms with Crippen molar-refractivity contribution in [1.29, 1.82) is 0 Å². The molecule has 0 N–H and O–H groups in total. The molecule has 0 spiro atoms. The highest BCUT2D eigenvalue weighted by atomic mass is 28.4. The first-order chi connectivity index (χ1) is 15.0. The third kappa shape index (κ3) is 9.65. The lowest BCUT2D eigenvalue weighted by Gasteiger charge is -2.39. The van der Waals surface area contributed by atoms with Gasteiger partial charge in [0.15, 0.2) is 28.8 Å². The number of carbonyl (C=O) groups is 2. The van der Waals surface area contributed by atoms with E-state index in [-0.39, 0.29) is 25.0 Å². The van der Waals surface area contributed by atoms with Crippen molar-refractivity contribution in [2.75, 3.05) is 13.2 Å². The molecule has 0 radical (unpaired) electrons. The molecule has 190 valence electrons. The van der Waals surface area contributed by atoms with E-state index in [1.165, 1.54) is 0 Å². The van der Waals surface area contributed by atoms with Gasteiger partial charge in [0.25, 0.3) is 0 Å². The van der Waals surface area contributed by atoms with Crippen molar-refractivity contribution < 1.29 is 27.9 Å². The van der Waals surface area contributed by atoms with Gasteiger partial charge < -0.3 is 18.3 Å². The average Bonchev–Trinajstić information content (AvgIpc) is 2.79. The lowest BCUT2D eigenvalue weighted by molar-refractivity contribution is -0.171. The number of rotatable bonds is 17. The molecule has 0 saturated carbocycles. The summed E-state index contributed by atoms with van der Waals surface area (Å²) in [7, 11) is -4.46. The molecule has 32 heavy (non-hydrogen) atoms. The van der Waals surface area contributed by atoms with Gasteiger partial charge in [-0.15, -0.1) is 0 Å². The second kappa shape index (κ2) is 15.2. The van der Waals surface area contributed by atoms with Crippen molar-refractivity contribution in [1.82, 2.24) is 0 Å². The van der Waals surface area contributed by atoms with Gasteiger partial charge >= 0.3 is 11.9 Å². The van der Waals surface area contributed by atoms with Crippen LogP contribution in [0.5, 0.6) is 0 Å². The highest BCUT2D eigenvalue weighted by Crippen LogP contribution is 2.30. The molecule has 0 aliphatic carbocycles. The smallest absolute Gasteiger partial charge is 0.337 e. The number of hydrogen-bond acceptors (Lipinski definition) is 6. The number of esters is 2. The van der Waals surface area contributed by atoms with Crippen LogP contribution >= 0.6 is 0 Å². The maximum absolute atomic E-state index is 13.3. The monoisotopic (exact) mass is 490 g/mol.